The number of hydrogen-bond donors (Lipinski definition) is 1. The van der Waals surface area contributed by atoms with E-state index in [0.29, 0.717) is 17.3 Å². The molecule has 1 aliphatic heterocycles. The van der Waals surface area contributed by atoms with Gasteiger partial charge in [0.15, 0.2) is 0 Å². The second kappa shape index (κ2) is 4.42. The van der Waals surface area contributed by atoms with Crippen molar-refractivity contribution in [3.63, 3.8) is 0 Å². The SMILES string of the molecule is COc1ccn2c(=O)cc(C3CCNC3)nc2c1. The summed E-state index contributed by atoms with van der Waals surface area (Å²) in [6, 6.07) is 5.18. The third-order valence-corrected chi connectivity index (χ3v) is 3.37. The predicted molar refractivity (Wildman–Crippen MR) is 68.2 cm³/mol. The van der Waals surface area contributed by atoms with Gasteiger partial charge in [0.25, 0.3) is 5.56 Å². The Hall–Kier alpha value is -1.88. The van der Waals surface area contributed by atoms with Crippen LogP contribution >= 0.6 is 0 Å². The van der Waals surface area contributed by atoms with Crippen LogP contribution in [0.1, 0.15) is 18.0 Å². The van der Waals surface area contributed by atoms with Gasteiger partial charge in [0.05, 0.1) is 12.8 Å². The van der Waals surface area contributed by atoms with Crippen LogP contribution in [0, 0.1) is 0 Å². The van der Waals surface area contributed by atoms with Gasteiger partial charge >= 0.3 is 0 Å². The van der Waals surface area contributed by atoms with Gasteiger partial charge in [-0.1, -0.05) is 0 Å². The van der Waals surface area contributed by atoms with E-state index in [4.69, 9.17) is 4.74 Å². The molecule has 1 N–H and O–H groups in total. The standard InChI is InChI=1S/C13H15N3O2/c1-18-10-3-5-16-12(6-10)15-11(7-13(16)17)9-2-4-14-8-9/h3,5-7,9,14H,2,4,8H2,1H3. The Kier molecular flexibility index (Phi) is 2.76. The predicted octanol–water partition coefficient (Wildman–Crippen LogP) is 0.780. The number of aromatic nitrogens is 2. The van der Waals surface area contributed by atoms with E-state index in [1.807, 2.05) is 0 Å². The number of nitrogens with one attached hydrogen (secondary N) is 1. The van der Waals surface area contributed by atoms with Gasteiger partial charge in [0.2, 0.25) is 0 Å². The monoisotopic (exact) mass is 245 g/mol. The smallest absolute Gasteiger partial charge is 0.258 e. The van der Waals surface area contributed by atoms with E-state index < -0.39 is 0 Å². The van der Waals surface area contributed by atoms with E-state index in [0.717, 1.165) is 25.2 Å². The molecule has 0 amide bonds. The van der Waals surface area contributed by atoms with Crippen molar-refractivity contribution >= 4 is 5.65 Å². The molecule has 94 valence electrons. The molecular weight excluding hydrogens is 230 g/mol. The molecule has 18 heavy (non-hydrogen) atoms. The summed E-state index contributed by atoms with van der Waals surface area (Å²) in [4.78, 5) is 16.6. The second-order valence-corrected chi connectivity index (χ2v) is 4.50. The molecule has 3 heterocycles. The lowest BCUT2D eigenvalue weighted by Crippen LogP contribution is -2.18. The number of methoxy groups -OCH3 is 1. The summed E-state index contributed by atoms with van der Waals surface area (Å²) in [5, 5.41) is 3.29. The lowest BCUT2D eigenvalue weighted by Gasteiger charge is -2.09. The number of ether oxygens (including phenoxy) is 1. The molecule has 1 aliphatic rings. The molecule has 0 bridgehead atoms. The number of hydrogen-bond acceptors (Lipinski definition) is 4. The highest BCUT2D eigenvalue weighted by atomic mass is 16.5. The quantitative estimate of drug-likeness (QED) is 0.849. The van der Waals surface area contributed by atoms with Crippen LogP contribution in [0.25, 0.3) is 5.65 Å². The van der Waals surface area contributed by atoms with E-state index in [1.54, 1.807) is 31.5 Å². The Morgan fingerprint density at radius 2 is 2.39 bits per heavy atom. The maximum Gasteiger partial charge on any atom is 0.258 e. The highest BCUT2D eigenvalue weighted by molar-refractivity contribution is 5.45. The van der Waals surface area contributed by atoms with Crippen molar-refractivity contribution in [2.24, 2.45) is 0 Å². The molecule has 0 aliphatic carbocycles. The third-order valence-electron chi connectivity index (χ3n) is 3.37. The van der Waals surface area contributed by atoms with Gasteiger partial charge in [-0.2, -0.15) is 0 Å². The van der Waals surface area contributed by atoms with Crippen LogP contribution in [-0.4, -0.2) is 29.6 Å². The summed E-state index contributed by atoms with van der Waals surface area (Å²) in [5.74, 6) is 1.05. The summed E-state index contributed by atoms with van der Waals surface area (Å²) < 4.78 is 6.70. The van der Waals surface area contributed by atoms with Gasteiger partial charge in [0, 0.05) is 30.8 Å². The van der Waals surface area contributed by atoms with Crippen LogP contribution < -0.4 is 15.6 Å². The van der Waals surface area contributed by atoms with E-state index in [9.17, 15) is 4.79 Å². The Bertz CT molecular complexity index is 630. The topological polar surface area (TPSA) is 55.6 Å². The first-order valence-electron chi connectivity index (χ1n) is 6.06. The number of nitrogens with zero attached hydrogens (tertiary/aromatic N) is 2. The van der Waals surface area contributed by atoms with Crippen LogP contribution in [0.4, 0.5) is 0 Å². The van der Waals surface area contributed by atoms with Crippen molar-refractivity contribution in [1.82, 2.24) is 14.7 Å². The highest BCUT2D eigenvalue weighted by Crippen LogP contribution is 2.20. The number of fused-ring (bicyclic) bond motifs is 1. The van der Waals surface area contributed by atoms with E-state index >= 15 is 0 Å². The lowest BCUT2D eigenvalue weighted by atomic mass is 10.0. The molecule has 1 fully saturated rings. The maximum absolute atomic E-state index is 12.0. The van der Waals surface area contributed by atoms with Crippen molar-refractivity contribution in [1.29, 1.82) is 0 Å². The molecule has 2 aromatic heterocycles. The summed E-state index contributed by atoms with van der Waals surface area (Å²) in [7, 11) is 1.61. The zero-order chi connectivity index (χ0) is 12.5. The Balaban J connectivity index is 2.14. The molecule has 5 heteroatoms. The van der Waals surface area contributed by atoms with Gasteiger partial charge < -0.3 is 10.1 Å². The Morgan fingerprint density at radius 3 is 3.11 bits per heavy atom. The van der Waals surface area contributed by atoms with Crippen molar-refractivity contribution in [3.05, 3.63) is 40.4 Å². The van der Waals surface area contributed by atoms with E-state index in [2.05, 4.69) is 10.3 Å². The fourth-order valence-electron chi connectivity index (χ4n) is 2.35. The van der Waals surface area contributed by atoms with Crippen molar-refractivity contribution in [3.8, 4) is 5.75 Å². The van der Waals surface area contributed by atoms with E-state index in [-0.39, 0.29) is 5.56 Å². The first-order chi connectivity index (χ1) is 8.78. The number of rotatable bonds is 2. The molecule has 0 radical (unpaired) electrons. The number of pyridine rings is 1. The van der Waals surface area contributed by atoms with Crippen molar-refractivity contribution < 1.29 is 4.74 Å². The first kappa shape index (κ1) is 11.2. The van der Waals surface area contributed by atoms with Crippen LogP contribution in [0.5, 0.6) is 5.75 Å². The van der Waals surface area contributed by atoms with Crippen LogP contribution in [0.15, 0.2) is 29.2 Å². The first-order valence-corrected chi connectivity index (χ1v) is 6.06. The summed E-state index contributed by atoms with van der Waals surface area (Å²) in [6.07, 6.45) is 2.73. The molecule has 5 nitrogen and oxygen atoms in total. The molecule has 1 unspecified atom stereocenters. The van der Waals surface area contributed by atoms with E-state index in [1.165, 1.54) is 4.40 Å². The minimum Gasteiger partial charge on any atom is -0.497 e. The fraction of sp³-hybridized carbons (Fsp3) is 0.385. The summed E-state index contributed by atoms with van der Waals surface area (Å²) >= 11 is 0. The average molecular weight is 245 g/mol. The minimum absolute atomic E-state index is 0.0375. The fourth-order valence-corrected chi connectivity index (χ4v) is 2.35. The van der Waals surface area contributed by atoms with Crippen molar-refractivity contribution in [2.75, 3.05) is 20.2 Å². The van der Waals surface area contributed by atoms with Gasteiger partial charge in [-0.15, -0.1) is 0 Å². The molecule has 2 aromatic rings. The lowest BCUT2D eigenvalue weighted by molar-refractivity contribution is 0.414. The minimum atomic E-state index is -0.0375. The average Bonchev–Trinajstić information content (AvgIpc) is 2.91. The Labute approximate surface area is 104 Å². The molecule has 0 saturated carbocycles. The van der Waals surface area contributed by atoms with Crippen LogP contribution in [-0.2, 0) is 0 Å². The van der Waals surface area contributed by atoms with Gasteiger partial charge in [-0.25, -0.2) is 4.98 Å². The molecule has 1 saturated heterocycles. The largest absolute Gasteiger partial charge is 0.497 e. The van der Waals surface area contributed by atoms with Gasteiger partial charge in [-0.05, 0) is 19.0 Å². The highest BCUT2D eigenvalue weighted by Gasteiger charge is 2.19. The summed E-state index contributed by atoms with van der Waals surface area (Å²) in [6.45, 7) is 1.89. The van der Waals surface area contributed by atoms with Gasteiger partial charge in [-0.3, -0.25) is 9.20 Å². The summed E-state index contributed by atoms with van der Waals surface area (Å²) in [5.41, 5.74) is 1.48. The van der Waals surface area contributed by atoms with Gasteiger partial charge in [0.1, 0.15) is 11.4 Å². The third kappa shape index (κ3) is 1.86. The Morgan fingerprint density at radius 1 is 1.50 bits per heavy atom. The zero-order valence-electron chi connectivity index (χ0n) is 10.2. The molecular formula is C13H15N3O2. The molecule has 1 atom stereocenters. The maximum atomic E-state index is 12.0. The molecule has 0 spiro atoms. The van der Waals surface area contributed by atoms with Crippen LogP contribution in [0.2, 0.25) is 0 Å². The normalized spacial score (nSPS) is 19.3. The van der Waals surface area contributed by atoms with Crippen molar-refractivity contribution in [2.45, 2.75) is 12.3 Å². The van der Waals surface area contributed by atoms with Crippen LogP contribution in [0.3, 0.4) is 0 Å². The molecule has 3 rings (SSSR count). The molecule has 0 aromatic carbocycles. The second-order valence-electron chi connectivity index (χ2n) is 4.50. The zero-order valence-corrected chi connectivity index (χ0v) is 10.2.